The number of nitro benzene ring substituents is 1. The lowest BCUT2D eigenvalue weighted by Gasteiger charge is -2.01. The van der Waals surface area contributed by atoms with Crippen LogP contribution in [0, 0.1) is 10.1 Å². The minimum atomic E-state index is -0.482. The largest absolute Gasteiger partial charge is 0.508 e. The second-order valence-corrected chi connectivity index (χ2v) is 2.61. The fraction of sp³-hybridized carbons (Fsp3) is 0.250. The van der Waals surface area contributed by atoms with E-state index >= 15 is 0 Å². The highest BCUT2D eigenvalue weighted by Crippen LogP contribution is 2.23. The Kier molecular flexibility index (Phi) is 4.54. The number of nitro groups is 1. The van der Waals surface area contributed by atoms with Gasteiger partial charge in [-0.15, -0.1) is 0 Å². The number of hydrogen-bond donors (Lipinski definition) is 3. The molecule has 1 rings (SSSR count). The molecule has 0 fully saturated rings. The molecule has 0 aliphatic heterocycles. The second kappa shape index (κ2) is 5.15. The van der Waals surface area contributed by atoms with Crippen molar-refractivity contribution in [3.8, 4) is 5.75 Å². The summed E-state index contributed by atoms with van der Waals surface area (Å²) in [7, 11) is 0. The summed E-state index contributed by atoms with van der Waals surface area (Å²) < 4.78 is 0. The molecule has 0 radical (unpaired) electrons. The van der Waals surface area contributed by atoms with Gasteiger partial charge in [-0.1, -0.05) is 0 Å². The first-order chi connectivity index (χ1) is 6.15. The molecule has 0 spiro atoms. The Balaban J connectivity index is 0.00000169. The monoisotopic (exact) mass is 199 g/mol. The third kappa shape index (κ3) is 2.68. The molecule has 0 bridgehead atoms. The van der Waals surface area contributed by atoms with Gasteiger partial charge in [0.2, 0.25) is 0 Å². The molecule has 14 heavy (non-hydrogen) atoms. The molecular formula is C8H13N3O3. The van der Waals surface area contributed by atoms with Crippen LogP contribution in [0.25, 0.3) is 0 Å². The van der Waals surface area contributed by atoms with Crippen LogP contribution in [-0.4, -0.2) is 16.6 Å². The van der Waals surface area contributed by atoms with Crippen LogP contribution >= 0.6 is 0 Å². The third-order valence-electron chi connectivity index (χ3n) is 1.67. The van der Waals surface area contributed by atoms with E-state index in [0.717, 1.165) is 0 Å². The first-order valence-corrected chi connectivity index (χ1v) is 3.81. The van der Waals surface area contributed by atoms with E-state index in [1.165, 1.54) is 18.2 Å². The highest BCUT2D eigenvalue weighted by molar-refractivity contribution is 5.44. The molecule has 0 saturated heterocycles. The van der Waals surface area contributed by atoms with Gasteiger partial charge in [-0.3, -0.25) is 10.1 Å². The summed E-state index contributed by atoms with van der Waals surface area (Å²) in [6, 6.07) is 3.93. The van der Waals surface area contributed by atoms with Crippen molar-refractivity contribution >= 4 is 5.69 Å². The van der Waals surface area contributed by atoms with Gasteiger partial charge >= 0.3 is 0 Å². The molecule has 78 valence electrons. The predicted octanol–water partition coefficient (Wildman–Crippen LogP) is 0.964. The minimum Gasteiger partial charge on any atom is -0.508 e. The maximum atomic E-state index is 10.5. The van der Waals surface area contributed by atoms with Crippen molar-refractivity contribution in [1.29, 1.82) is 0 Å². The summed E-state index contributed by atoms with van der Waals surface area (Å²) in [6.07, 6.45) is 0.394. The van der Waals surface area contributed by atoms with Crippen LogP contribution in [0.5, 0.6) is 5.75 Å². The summed E-state index contributed by atoms with van der Waals surface area (Å²) >= 11 is 0. The Morgan fingerprint density at radius 3 is 2.64 bits per heavy atom. The SMILES string of the molecule is N.NCCc1cc(O)ccc1[N+](=O)[O-]. The van der Waals surface area contributed by atoms with Crippen LogP contribution in [0.3, 0.4) is 0 Å². The zero-order chi connectivity index (χ0) is 9.84. The maximum absolute atomic E-state index is 10.5. The minimum absolute atomic E-state index is 0. The summed E-state index contributed by atoms with van der Waals surface area (Å²) in [5.41, 5.74) is 5.74. The van der Waals surface area contributed by atoms with Gasteiger partial charge in [0.1, 0.15) is 5.75 Å². The fourth-order valence-corrected chi connectivity index (χ4v) is 1.11. The smallest absolute Gasteiger partial charge is 0.272 e. The average Bonchev–Trinajstić information content (AvgIpc) is 2.04. The maximum Gasteiger partial charge on any atom is 0.272 e. The lowest BCUT2D eigenvalue weighted by atomic mass is 10.1. The molecule has 0 aromatic heterocycles. The molecule has 0 amide bonds. The highest BCUT2D eigenvalue weighted by Gasteiger charge is 2.12. The molecule has 1 aromatic carbocycles. The van der Waals surface area contributed by atoms with E-state index in [1.807, 2.05) is 0 Å². The normalized spacial score (nSPS) is 9.21. The Bertz CT molecular complexity index is 328. The quantitative estimate of drug-likeness (QED) is 0.494. The zero-order valence-corrected chi connectivity index (χ0v) is 7.64. The predicted molar refractivity (Wildman–Crippen MR) is 52.5 cm³/mol. The van der Waals surface area contributed by atoms with Crippen molar-refractivity contribution < 1.29 is 10.0 Å². The fourth-order valence-electron chi connectivity index (χ4n) is 1.11. The molecule has 0 unspecified atom stereocenters. The highest BCUT2D eigenvalue weighted by atomic mass is 16.6. The number of hydrogen-bond acceptors (Lipinski definition) is 5. The summed E-state index contributed by atoms with van der Waals surface area (Å²) in [5.74, 6) is 0.0223. The number of rotatable bonds is 3. The Morgan fingerprint density at radius 2 is 2.14 bits per heavy atom. The van der Waals surface area contributed by atoms with Crippen molar-refractivity contribution in [2.45, 2.75) is 6.42 Å². The van der Waals surface area contributed by atoms with Gasteiger partial charge in [-0.25, -0.2) is 0 Å². The molecule has 0 saturated carbocycles. The third-order valence-corrected chi connectivity index (χ3v) is 1.67. The van der Waals surface area contributed by atoms with E-state index in [4.69, 9.17) is 10.8 Å². The number of aromatic hydroxyl groups is 1. The Labute approximate surface area is 81.1 Å². The van der Waals surface area contributed by atoms with Crippen LogP contribution in [0.1, 0.15) is 5.56 Å². The van der Waals surface area contributed by atoms with Crippen molar-refractivity contribution in [3.63, 3.8) is 0 Å². The van der Waals surface area contributed by atoms with E-state index in [1.54, 1.807) is 0 Å². The van der Waals surface area contributed by atoms with Gasteiger partial charge in [-0.2, -0.15) is 0 Å². The molecule has 1 aromatic rings. The van der Waals surface area contributed by atoms with Crippen molar-refractivity contribution in [2.75, 3.05) is 6.54 Å². The van der Waals surface area contributed by atoms with Crippen LogP contribution in [0.15, 0.2) is 18.2 Å². The lowest BCUT2D eigenvalue weighted by Crippen LogP contribution is -2.05. The number of nitrogens with zero attached hydrogens (tertiary/aromatic N) is 1. The second-order valence-electron chi connectivity index (χ2n) is 2.61. The van der Waals surface area contributed by atoms with Crippen molar-refractivity contribution in [1.82, 2.24) is 6.15 Å². The molecular weight excluding hydrogens is 186 g/mol. The molecule has 6 N–H and O–H groups in total. The van der Waals surface area contributed by atoms with Gasteiger partial charge in [0.15, 0.2) is 0 Å². The number of benzene rings is 1. The van der Waals surface area contributed by atoms with Gasteiger partial charge in [0.25, 0.3) is 5.69 Å². The van der Waals surface area contributed by atoms with Crippen molar-refractivity contribution in [3.05, 3.63) is 33.9 Å². The summed E-state index contributed by atoms with van der Waals surface area (Å²) in [4.78, 5) is 10.0. The number of phenols is 1. The molecule has 6 heteroatoms. The molecule has 0 atom stereocenters. The Hall–Kier alpha value is -1.66. The van der Waals surface area contributed by atoms with Crippen LogP contribution in [0.2, 0.25) is 0 Å². The summed E-state index contributed by atoms with van der Waals surface area (Å²) in [5, 5.41) is 19.6. The van der Waals surface area contributed by atoms with E-state index in [0.29, 0.717) is 18.5 Å². The van der Waals surface area contributed by atoms with Crippen LogP contribution < -0.4 is 11.9 Å². The van der Waals surface area contributed by atoms with E-state index in [-0.39, 0.29) is 17.6 Å². The van der Waals surface area contributed by atoms with Gasteiger partial charge in [0, 0.05) is 11.6 Å². The topological polar surface area (TPSA) is 124 Å². The first kappa shape index (κ1) is 12.3. The van der Waals surface area contributed by atoms with Gasteiger partial charge < -0.3 is 17.0 Å². The van der Waals surface area contributed by atoms with E-state index < -0.39 is 4.92 Å². The molecule has 0 aliphatic rings. The van der Waals surface area contributed by atoms with Gasteiger partial charge in [-0.05, 0) is 25.1 Å². The first-order valence-electron chi connectivity index (χ1n) is 3.81. The van der Waals surface area contributed by atoms with E-state index in [9.17, 15) is 10.1 Å². The number of nitrogens with two attached hydrogens (primary N) is 1. The molecule has 0 aliphatic carbocycles. The Morgan fingerprint density at radius 1 is 1.50 bits per heavy atom. The summed E-state index contributed by atoms with van der Waals surface area (Å²) in [6.45, 7) is 0.324. The van der Waals surface area contributed by atoms with Crippen LogP contribution in [0.4, 0.5) is 5.69 Å². The standard InChI is InChI=1S/C8H10N2O3.H3N/c9-4-3-6-5-7(11)1-2-8(6)10(12)13;/h1-2,5,11H,3-4,9H2;1H3. The molecule has 6 nitrogen and oxygen atoms in total. The van der Waals surface area contributed by atoms with Crippen LogP contribution in [-0.2, 0) is 6.42 Å². The molecule has 0 heterocycles. The van der Waals surface area contributed by atoms with Crippen molar-refractivity contribution in [2.24, 2.45) is 5.73 Å². The number of phenolic OH excluding ortho intramolecular Hbond substituents is 1. The van der Waals surface area contributed by atoms with Gasteiger partial charge in [0.05, 0.1) is 4.92 Å². The van der Waals surface area contributed by atoms with E-state index in [2.05, 4.69) is 0 Å². The lowest BCUT2D eigenvalue weighted by molar-refractivity contribution is -0.385. The average molecular weight is 199 g/mol. The zero-order valence-electron chi connectivity index (χ0n) is 7.64.